The van der Waals surface area contributed by atoms with E-state index in [4.69, 9.17) is 9.26 Å². The summed E-state index contributed by atoms with van der Waals surface area (Å²) < 4.78 is 10.3. The standard InChI is InChI=1S/C9H15N3O2/c1-7-11-9(14-12-7)10-4-5-13-6-8-2-3-8/h8H,2-6H2,1H3,(H,10,11,12). The van der Waals surface area contributed by atoms with Crippen molar-refractivity contribution in [3.63, 3.8) is 0 Å². The van der Waals surface area contributed by atoms with E-state index in [9.17, 15) is 0 Å². The Balaban J connectivity index is 1.53. The molecule has 5 nitrogen and oxygen atoms in total. The molecule has 0 bridgehead atoms. The molecule has 0 amide bonds. The highest BCUT2D eigenvalue weighted by atomic mass is 16.5. The second-order valence-electron chi connectivity index (χ2n) is 3.59. The van der Waals surface area contributed by atoms with Gasteiger partial charge in [-0.3, -0.25) is 0 Å². The third kappa shape index (κ3) is 2.99. The normalized spacial score (nSPS) is 15.8. The van der Waals surface area contributed by atoms with Gasteiger partial charge in [0.1, 0.15) is 0 Å². The van der Waals surface area contributed by atoms with Gasteiger partial charge in [0.05, 0.1) is 6.61 Å². The fourth-order valence-electron chi connectivity index (χ4n) is 1.13. The van der Waals surface area contributed by atoms with Crippen LogP contribution in [-0.2, 0) is 4.74 Å². The van der Waals surface area contributed by atoms with Crippen molar-refractivity contribution in [1.29, 1.82) is 0 Å². The van der Waals surface area contributed by atoms with Crippen molar-refractivity contribution in [2.24, 2.45) is 5.92 Å². The number of rotatable bonds is 6. The van der Waals surface area contributed by atoms with E-state index in [1.165, 1.54) is 12.8 Å². The molecule has 0 aromatic carbocycles. The average Bonchev–Trinajstić information content (AvgIpc) is 2.89. The van der Waals surface area contributed by atoms with Crippen molar-refractivity contribution in [2.75, 3.05) is 25.1 Å². The van der Waals surface area contributed by atoms with Crippen molar-refractivity contribution >= 4 is 6.01 Å². The van der Waals surface area contributed by atoms with Crippen molar-refractivity contribution in [3.05, 3.63) is 5.82 Å². The van der Waals surface area contributed by atoms with E-state index < -0.39 is 0 Å². The van der Waals surface area contributed by atoms with Gasteiger partial charge in [0.25, 0.3) is 0 Å². The summed E-state index contributed by atoms with van der Waals surface area (Å²) in [6.07, 6.45) is 2.66. The van der Waals surface area contributed by atoms with Gasteiger partial charge in [-0.1, -0.05) is 5.16 Å². The Bertz CT molecular complexity index is 283. The zero-order chi connectivity index (χ0) is 9.80. The van der Waals surface area contributed by atoms with Crippen molar-refractivity contribution in [2.45, 2.75) is 19.8 Å². The number of hydrogen-bond donors (Lipinski definition) is 1. The van der Waals surface area contributed by atoms with Crippen LogP contribution in [0.4, 0.5) is 6.01 Å². The van der Waals surface area contributed by atoms with E-state index >= 15 is 0 Å². The Morgan fingerprint density at radius 1 is 1.57 bits per heavy atom. The summed E-state index contributed by atoms with van der Waals surface area (Å²) >= 11 is 0. The number of anilines is 1. The predicted molar refractivity (Wildman–Crippen MR) is 51.1 cm³/mol. The van der Waals surface area contributed by atoms with Crippen LogP contribution in [0, 0.1) is 12.8 Å². The molecule has 0 radical (unpaired) electrons. The van der Waals surface area contributed by atoms with Gasteiger partial charge in [0.15, 0.2) is 5.82 Å². The first-order valence-electron chi connectivity index (χ1n) is 4.96. The van der Waals surface area contributed by atoms with Gasteiger partial charge >= 0.3 is 6.01 Å². The molecule has 14 heavy (non-hydrogen) atoms. The summed E-state index contributed by atoms with van der Waals surface area (Å²) in [6.45, 7) is 4.09. The Morgan fingerprint density at radius 3 is 3.07 bits per heavy atom. The molecule has 1 N–H and O–H groups in total. The topological polar surface area (TPSA) is 60.2 Å². The first-order valence-corrected chi connectivity index (χ1v) is 4.96. The van der Waals surface area contributed by atoms with Crippen LogP contribution in [0.25, 0.3) is 0 Å². The first-order chi connectivity index (χ1) is 6.84. The molecule has 1 aromatic rings. The van der Waals surface area contributed by atoms with E-state index in [-0.39, 0.29) is 0 Å². The van der Waals surface area contributed by atoms with Gasteiger partial charge in [0, 0.05) is 13.2 Å². The average molecular weight is 197 g/mol. The molecule has 0 unspecified atom stereocenters. The summed E-state index contributed by atoms with van der Waals surface area (Å²) in [5.41, 5.74) is 0. The molecular weight excluding hydrogens is 182 g/mol. The zero-order valence-corrected chi connectivity index (χ0v) is 8.32. The fraction of sp³-hybridized carbons (Fsp3) is 0.778. The quantitative estimate of drug-likeness (QED) is 0.695. The highest BCUT2D eigenvalue weighted by molar-refractivity contribution is 5.17. The van der Waals surface area contributed by atoms with Crippen molar-refractivity contribution in [1.82, 2.24) is 10.1 Å². The van der Waals surface area contributed by atoms with Crippen LogP contribution in [0.3, 0.4) is 0 Å². The minimum Gasteiger partial charge on any atom is -0.379 e. The predicted octanol–water partition coefficient (Wildman–Crippen LogP) is 1.22. The van der Waals surface area contributed by atoms with E-state index in [1.54, 1.807) is 6.92 Å². The highest BCUT2D eigenvalue weighted by Crippen LogP contribution is 2.28. The van der Waals surface area contributed by atoms with Crippen LogP contribution in [-0.4, -0.2) is 29.9 Å². The van der Waals surface area contributed by atoms with Crippen molar-refractivity contribution < 1.29 is 9.26 Å². The van der Waals surface area contributed by atoms with Gasteiger partial charge in [-0.2, -0.15) is 4.98 Å². The number of nitrogens with zero attached hydrogens (tertiary/aromatic N) is 2. The van der Waals surface area contributed by atoms with E-state index in [1.807, 2.05) is 0 Å². The summed E-state index contributed by atoms with van der Waals surface area (Å²) in [6, 6.07) is 0.470. The number of hydrogen-bond acceptors (Lipinski definition) is 5. The van der Waals surface area contributed by atoms with Crippen molar-refractivity contribution in [3.8, 4) is 0 Å². The van der Waals surface area contributed by atoms with Crippen LogP contribution in [0.5, 0.6) is 0 Å². The number of nitrogens with one attached hydrogen (secondary N) is 1. The van der Waals surface area contributed by atoms with Crippen LogP contribution >= 0.6 is 0 Å². The monoisotopic (exact) mass is 197 g/mol. The SMILES string of the molecule is Cc1noc(NCCOCC2CC2)n1. The molecule has 2 rings (SSSR count). The summed E-state index contributed by atoms with van der Waals surface area (Å²) in [7, 11) is 0. The zero-order valence-electron chi connectivity index (χ0n) is 8.32. The van der Waals surface area contributed by atoms with Crippen LogP contribution in [0.15, 0.2) is 4.52 Å². The third-order valence-electron chi connectivity index (χ3n) is 2.10. The molecule has 1 aromatic heterocycles. The summed E-state index contributed by atoms with van der Waals surface area (Å²) in [5, 5.41) is 6.66. The Hall–Kier alpha value is -1.10. The summed E-state index contributed by atoms with van der Waals surface area (Å²) in [4.78, 5) is 4.01. The lowest BCUT2D eigenvalue weighted by molar-refractivity contribution is 0.133. The van der Waals surface area contributed by atoms with Gasteiger partial charge in [-0.25, -0.2) is 0 Å². The molecule has 1 saturated carbocycles. The first kappa shape index (κ1) is 9.45. The molecular formula is C9H15N3O2. The maximum Gasteiger partial charge on any atom is 0.321 e. The second kappa shape index (κ2) is 4.41. The molecule has 1 aliphatic rings. The lowest BCUT2D eigenvalue weighted by Crippen LogP contribution is -2.10. The number of aromatic nitrogens is 2. The molecule has 0 saturated heterocycles. The number of aryl methyl sites for hydroxylation is 1. The van der Waals surface area contributed by atoms with E-state index in [2.05, 4.69) is 15.5 Å². The fourth-order valence-corrected chi connectivity index (χ4v) is 1.13. The molecule has 0 aliphatic heterocycles. The second-order valence-corrected chi connectivity index (χ2v) is 3.59. The number of ether oxygens (including phenoxy) is 1. The molecule has 1 heterocycles. The lowest BCUT2D eigenvalue weighted by atomic mass is 10.5. The Morgan fingerprint density at radius 2 is 2.43 bits per heavy atom. The lowest BCUT2D eigenvalue weighted by Gasteiger charge is -2.02. The van der Waals surface area contributed by atoms with Crippen LogP contribution in [0.1, 0.15) is 18.7 Å². The van der Waals surface area contributed by atoms with Gasteiger partial charge in [-0.15, -0.1) is 0 Å². The molecule has 0 spiro atoms. The third-order valence-corrected chi connectivity index (χ3v) is 2.10. The highest BCUT2D eigenvalue weighted by Gasteiger charge is 2.20. The van der Waals surface area contributed by atoms with Gasteiger partial charge in [-0.05, 0) is 25.7 Å². The smallest absolute Gasteiger partial charge is 0.321 e. The molecule has 0 atom stereocenters. The maximum atomic E-state index is 5.43. The Kier molecular flexibility index (Phi) is 2.98. The minimum absolute atomic E-state index is 0.470. The van der Waals surface area contributed by atoms with Gasteiger partial charge < -0.3 is 14.6 Å². The Labute approximate surface area is 82.8 Å². The minimum atomic E-state index is 0.470. The molecule has 1 aliphatic carbocycles. The molecule has 1 fully saturated rings. The van der Waals surface area contributed by atoms with Gasteiger partial charge in [0.2, 0.25) is 0 Å². The summed E-state index contributed by atoms with van der Waals surface area (Å²) in [5.74, 6) is 1.46. The molecule has 78 valence electrons. The van der Waals surface area contributed by atoms with E-state index in [0.717, 1.165) is 12.5 Å². The van der Waals surface area contributed by atoms with E-state index in [0.29, 0.717) is 25.0 Å². The van der Waals surface area contributed by atoms with Crippen LogP contribution in [0.2, 0.25) is 0 Å². The molecule has 5 heteroatoms. The maximum absolute atomic E-state index is 5.43. The van der Waals surface area contributed by atoms with Crippen LogP contribution < -0.4 is 5.32 Å². The largest absolute Gasteiger partial charge is 0.379 e.